The van der Waals surface area contributed by atoms with Crippen LogP contribution in [0.15, 0.2) is 0 Å². The Morgan fingerprint density at radius 2 is 2.00 bits per heavy atom. The Morgan fingerprint density at radius 3 is 2.00 bits per heavy atom. The molecule has 0 saturated carbocycles. The highest BCUT2D eigenvalue weighted by Gasteiger charge is 1.68. The Bertz CT molecular complexity index is 17.2. The molecule has 3 nitrogen and oxygen atoms in total. The van der Waals surface area contributed by atoms with Crippen LogP contribution in [0.5, 0.6) is 0 Å². The van der Waals surface area contributed by atoms with Crippen LogP contribution < -0.4 is 5.90 Å². The Balaban J connectivity index is 0. The van der Waals surface area contributed by atoms with Crippen LogP contribution in [0.1, 0.15) is 13.8 Å². The van der Waals surface area contributed by atoms with E-state index in [1.165, 1.54) is 0 Å². The molecule has 0 aliphatic heterocycles. The van der Waals surface area contributed by atoms with Gasteiger partial charge in [0.05, 0.1) is 13.2 Å². The molecule has 3 heteroatoms. The number of aliphatic hydroxyl groups is 1. The first-order chi connectivity index (χ1) is 3.41. The van der Waals surface area contributed by atoms with Crippen molar-refractivity contribution in [3.63, 3.8) is 0 Å². The lowest BCUT2D eigenvalue weighted by atomic mass is 10.8. The summed E-state index contributed by atoms with van der Waals surface area (Å²) >= 11 is 0. The summed E-state index contributed by atoms with van der Waals surface area (Å²) in [4.78, 5) is 3.94. The molecule has 0 amide bonds. The molecular weight excluding hydrogens is 94.0 g/mol. The van der Waals surface area contributed by atoms with E-state index < -0.39 is 0 Å². The maximum Gasteiger partial charge on any atom is 0.0910 e. The Morgan fingerprint density at radius 1 is 1.57 bits per heavy atom. The average Bonchev–Trinajstić information content (AvgIpc) is 1.75. The number of rotatable bonds is 2. The largest absolute Gasteiger partial charge is 0.394 e. The molecule has 0 fully saturated rings. The van der Waals surface area contributed by atoms with Gasteiger partial charge in [-0.2, -0.15) is 0 Å². The van der Waals surface area contributed by atoms with Crippen molar-refractivity contribution in [1.82, 2.24) is 0 Å². The normalized spacial score (nSPS) is 6.86. The molecule has 0 atom stereocenters. The van der Waals surface area contributed by atoms with E-state index in [0.29, 0.717) is 0 Å². The van der Waals surface area contributed by atoms with E-state index in [0.717, 1.165) is 0 Å². The first-order valence-electron chi connectivity index (χ1n) is 2.34. The maximum absolute atomic E-state index is 7.86. The molecule has 7 heavy (non-hydrogen) atoms. The summed E-state index contributed by atoms with van der Waals surface area (Å²) in [7, 11) is 0. The molecule has 3 N–H and O–H groups in total. The monoisotopic (exact) mass is 107 g/mol. The van der Waals surface area contributed by atoms with Crippen molar-refractivity contribution in [3.05, 3.63) is 0 Å². The van der Waals surface area contributed by atoms with E-state index in [9.17, 15) is 0 Å². The van der Waals surface area contributed by atoms with Crippen molar-refractivity contribution in [1.29, 1.82) is 0 Å². The highest BCUT2D eigenvalue weighted by atomic mass is 16.6. The molecule has 0 radical (unpaired) electrons. The van der Waals surface area contributed by atoms with Crippen molar-refractivity contribution >= 4 is 0 Å². The third-order valence-corrected chi connectivity index (χ3v) is 0.209. The van der Waals surface area contributed by atoms with Gasteiger partial charge in [-0.05, 0) is 0 Å². The second-order valence-corrected chi connectivity index (χ2v) is 0.594. The van der Waals surface area contributed by atoms with Crippen LogP contribution in [0.4, 0.5) is 0 Å². The highest BCUT2D eigenvalue weighted by molar-refractivity contribution is 4.11. The van der Waals surface area contributed by atoms with Gasteiger partial charge in [0, 0.05) is 0 Å². The van der Waals surface area contributed by atoms with Gasteiger partial charge in [-0.3, -0.25) is 0 Å². The lowest BCUT2D eigenvalue weighted by Gasteiger charge is -1.83. The predicted molar refractivity (Wildman–Crippen MR) is 28.6 cm³/mol. The van der Waals surface area contributed by atoms with Gasteiger partial charge in [0.25, 0.3) is 0 Å². The average molecular weight is 107 g/mol. The molecular formula is C4H13NO2. The van der Waals surface area contributed by atoms with Crippen LogP contribution in [-0.4, -0.2) is 18.3 Å². The fourth-order valence-corrected chi connectivity index (χ4v) is 0.0527. The summed E-state index contributed by atoms with van der Waals surface area (Å²) in [5, 5.41) is 7.86. The van der Waals surface area contributed by atoms with Gasteiger partial charge in [-0.1, -0.05) is 13.8 Å². The second-order valence-electron chi connectivity index (χ2n) is 0.594. The van der Waals surface area contributed by atoms with Crippen LogP contribution in [0.2, 0.25) is 0 Å². The smallest absolute Gasteiger partial charge is 0.0910 e. The minimum atomic E-state index is -0.00347. The van der Waals surface area contributed by atoms with Crippen LogP contribution in [0.3, 0.4) is 0 Å². The molecule has 0 aliphatic carbocycles. The minimum Gasteiger partial charge on any atom is -0.394 e. The lowest BCUT2D eigenvalue weighted by Crippen LogP contribution is -2.03. The molecule has 0 bridgehead atoms. The number of nitrogens with two attached hydrogens (primary N) is 1. The molecule has 46 valence electrons. The van der Waals surface area contributed by atoms with Gasteiger partial charge >= 0.3 is 0 Å². The number of aliphatic hydroxyl groups excluding tert-OH is 1. The Hall–Kier alpha value is -0.120. The standard InChI is InChI=1S/C2H7NO2.C2H6/c3-5-2-1-4;1-2/h4H,1-3H2;1-2H3. The van der Waals surface area contributed by atoms with Crippen molar-refractivity contribution in [2.24, 2.45) is 5.90 Å². The van der Waals surface area contributed by atoms with Crippen LogP contribution in [-0.2, 0) is 4.84 Å². The fraction of sp³-hybridized carbons (Fsp3) is 1.00. The van der Waals surface area contributed by atoms with Crippen LogP contribution in [0.25, 0.3) is 0 Å². The third kappa shape index (κ3) is 25.0. The summed E-state index contributed by atoms with van der Waals surface area (Å²) in [6, 6.07) is 0. The first kappa shape index (κ1) is 9.99. The van der Waals surface area contributed by atoms with Crippen molar-refractivity contribution in [3.8, 4) is 0 Å². The Kier molecular flexibility index (Phi) is 24.1. The quantitative estimate of drug-likeness (QED) is 0.484. The van der Waals surface area contributed by atoms with Gasteiger partial charge < -0.3 is 9.94 Å². The van der Waals surface area contributed by atoms with E-state index >= 15 is 0 Å². The third-order valence-electron chi connectivity index (χ3n) is 0.209. The summed E-state index contributed by atoms with van der Waals surface area (Å²) in [5.74, 6) is 4.48. The molecule has 0 spiro atoms. The van der Waals surface area contributed by atoms with Gasteiger partial charge in [0.2, 0.25) is 0 Å². The summed E-state index contributed by atoms with van der Waals surface area (Å²) in [6.45, 7) is 4.22. The zero-order chi connectivity index (χ0) is 6.12. The summed E-state index contributed by atoms with van der Waals surface area (Å²) < 4.78 is 0. The van der Waals surface area contributed by atoms with Gasteiger partial charge in [-0.15, -0.1) is 0 Å². The predicted octanol–water partition coefficient (Wildman–Crippen LogP) is -0.105. The van der Waals surface area contributed by atoms with Crippen molar-refractivity contribution in [2.45, 2.75) is 13.8 Å². The lowest BCUT2D eigenvalue weighted by molar-refractivity contribution is 0.0938. The molecule has 0 aromatic heterocycles. The number of hydrogen-bond acceptors (Lipinski definition) is 3. The van der Waals surface area contributed by atoms with Gasteiger partial charge in [-0.25, -0.2) is 5.90 Å². The van der Waals surface area contributed by atoms with Crippen molar-refractivity contribution in [2.75, 3.05) is 13.2 Å². The SMILES string of the molecule is CC.NOCCO. The van der Waals surface area contributed by atoms with Crippen LogP contribution >= 0.6 is 0 Å². The highest BCUT2D eigenvalue weighted by Crippen LogP contribution is 1.51. The first-order valence-corrected chi connectivity index (χ1v) is 2.34. The molecule has 0 aromatic rings. The molecule has 0 heterocycles. The Labute approximate surface area is 44.0 Å². The van der Waals surface area contributed by atoms with E-state index in [1.54, 1.807) is 0 Å². The van der Waals surface area contributed by atoms with E-state index in [1.807, 2.05) is 13.8 Å². The summed E-state index contributed by atoms with van der Waals surface area (Å²) in [6.07, 6.45) is 0. The molecule has 0 unspecified atom stereocenters. The molecule has 0 saturated heterocycles. The molecule has 0 aromatic carbocycles. The van der Waals surface area contributed by atoms with E-state index in [2.05, 4.69) is 10.7 Å². The minimum absolute atomic E-state index is 0.00347. The molecule has 0 aliphatic rings. The van der Waals surface area contributed by atoms with Gasteiger partial charge in [0.1, 0.15) is 0 Å². The van der Waals surface area contributed by atoms with Gasteiger partial charge in [0.15, 0.2) is 0 Å². The van der Waals surface area contributed by atoms with E-state index in [-0.39, 0.29) is 13.2 Å². The summed E-state index contributed by atoms with van der Waals surface area (Å²) in [5.41, 5.74) is 0. The zero-order valence-corrected chi connectivity index (χ0v) is 4.85. The topological polar surface area (TPSA) is 55.5 Å². The van der Waals surface area contributed by atoms with E-state index in [4.69, 9.17) is 5.11 Å². The van der Waals surface area contributed by atoms with Crippen molar-refractivity contribution < 1.29 is 9.94 Å². The zero-order valence-electron chi connectivity index (χ0n) is 4.85. The van der Waals surface area contributed by atoms with Crippen LogP contribution in [0, 0.1) is 0 Å². The fourth-order valence-electron chi connectivity index (χ4n) is 0.0527. The molecule has 0 rings (SSSR count). The second kappa shape index (κ2) is 16.9. The maximum atomic E-state index is 7.86. The number of hydrogen-bond donors (Lipinski definition) is 2.